The molecule has 4 rings (SSSR count). The molecule has 1 aliphatic rings. The minimum atomic E-state index is 0.283. The van der Waals surface area contributed by atoms with Crippen molar-refractivity contribution >= 4 is 22.7 Å². The molecular formula is C21H20N4. The second kappa shape index (κ2) is 6.45. The summed E-state index contributed by atoms with van der Waals surface area (Å²) in [5, 5.41) is 21.3. The molecule has 25 heavy (non-hydrogen) atoms. The van der Waals surface area contributed by atoms with E-state index < -0.39 is 0 Å². The number of aryl methyl sites for hydroxylation is 1. The Kier molecular flexibility index (Phi) is 3.99. The van der Waals surface area contributed by atoms with E-state index in [2.05, 4.69) is 39.8 Å². The Morgan fingerprint density at radius 1 is 1.28 bits per heavy atom. The van der Waals surface area contributed by atoms with Crippen LogP contribution < -0.4 is 5.32 Å². The van der Waals surface area contributed by atoms with Gasteiger partial charge in [-0.1, -0.05) is 12.1 Å². The monoisotopic (exact) mass is 328 g/mol. The number of benzene rings is 2. The van der Waals surface area contributed by atoms with Crippen LogP contribution in [0.3, 0.4) is 0 Å². The number of nitriles is 1. The van der Waals surface area contributed by atoms with Gasteiger partial charge in [-0.05, 0) is 73.7 Å². The number of rotatable bonds is 3. The maximum absolute atomic E-state index is 9.11. The van der Waals surface area contributed by atoms with E-state index in [1.807, 2.05) is 37.3 Å². The smallest absolute Gasteiger partial charge is 0.0991 e. The second-order valence-corrected chi connectivity index (χ2v) is 6.48. The van der Waals surface area contributed by atoms with Gasteiger partial charge in [0.15, 0.2) is 0 Å². The van der Waals surface area contributed by atoms with E-state index in [9.17, 15) is 0 Å². The number of nitrogens with one attached hydrogen (secondary N) is 2. The molecule has 0 amide bonds. The van der Waals surface area contributed by atoms with Gasteiger partial charge in [0.2, 0.25) is 0 Å². The molecule has 1 aliphatic carbocycles. The first kappa shape index (κ1) is 15.5. The Labute approximate surface area is 147 Å². The molecule has 1 heterocycles. The number of hydrogen-bond donors (Lipinski definition) is 2. The molecule has 4 nitrogen and oxygen atoms in total. The maximum atomic E-state index is 9.11. The standard InChI is InChI=1S/C21H20N4/c1-2-4-20-18-12-16(8-10-21(18)25-24-20)23-19-6-3-5-15-11-14(13-22)7-9-17(15)19/h2,4,7-12,19,23H,3,5-6H2,1H3,(H,24,25)/b4-2-. The number of aromatic amines is 1. The summed E-state index contributed by atoms with van der Waals surface area (Å²) in [5.74, 6) is 0. The molecule has 4 heteroatoms. The van der Waals surface area contributed by atoms with Crippen LogP contribution in [0, 0.1) is 11.3 Å². The van der Waals surface area contributed by atoms with Crippen LogP contribution in [-0.4, -0.2) is 10.2 Å². The predicted molar refractivity (Wildman–Crippen MR) is 101 cm³/mol. The third kappa shape index (κ3) is 2.89. The Balaban J connectivity index is 1.66. The minimum Gasteiger partial charge on any atom is -0.378 e. The predicted octanol–water partition coefficient (Wildman–Crippen LogP) is 4.96. The Morgan fingerprint density at radius 2 is 2.20 bits per heavy atom. The van der Waals surface area contributed by atoms with Crippen LogP contribution in [0.2, 0.25) is 0 Å². The highest BCUT2D eigenvalue weighted by atomic mass is 15.1. The molecule has 0 bridgehead atoms. The summed E-state index contributed by atoms with van der Waals surface area (Å²) >= 11 is 0. The molecule has 0 aliphatic heterocycles. The van der Waals surface area contributed by atoms with Gasteiger partial charge < -0.3 is 5.32 Å². The van der Waals surface area contributed by atoms with Crippen molar-refractivity contribution in [3.63, 3.8) is 0 Å². The zero-order valence-corrected chi connectivity index (χ0v) is 14.2. The number of H-pyrrole nitrogens is 1. The van der Waals surface area contributed by atoms with Crippen molar-refractivity contribution in [2.75, 3.05) is 5.32 Å². The Hall–Kier alpha value is -3.06. The molecule has 0 fully saturated rings. The summed E-state index contributed by atoms with van der Waals surface area (Å²) in [4.78, 5) is 0. The maximum Gasteiger partial charge on any atom is 0.0991 e. The summed E-state index contributed by atoms with van der Waals surface area (Å²) < 4.78 is 0. The summed E-state index contributed by atoms with van der Waals surface area (Å²) in [5.41, 5.74) is 6.45. The largest absolute Gasteiger partial charge is 0.378 e. The second-order valence-electron chi connectivity index (χ2n) is 6.48. The molecule has 1 unspecified atom stereocenters. The first-order chi connectivity index (χ1) is 12.3. The highest BCUT2D eigenvalue weighted by molar-refractivity contribution is 5.89. The summed E-state index contributed by atoms with van der Waals surface area (Å²) in [7, 11) is 0. The molecule has 1 aromatic heterocycles. The first-order valence-electron chi connectivity index (χ1n) is 8.69. The summed E-state index contributed by atoms with van der Waals surface area (Å²) in [6, 6.07) is 14.9. The van der Waals surface area contributed by atoms with Crippen molar-refractivity contribution < 1.29 is 0 Å². The van der Waals surface area contributed by atoms with E-state index in [1.165, 1.54) is 11.1 Å². The van der Waals surface area contributed by atoms with Crippen molar-refractivity contribution in [1.29, 1.82) is 5.26 Å². The van der Waals surface area contributed by atoms with Gasteiger partial charge in [-0.3, -0.25) is 5.10 Å². The number of anilines is 1. The van der Waals surface area contributed by atoms with Gasteiger partial charge in [0.1, 0.15) is 0 Å². The number of nitrogens with zero attached hydrogens (tertiary/aromatic N) is 2. The van der Waals surface area contributed by atoms with Crippen molar-refractivity contribution in [2.24, 2.45) is 0 Å². The van der Waals surface area contributed by atoms with E-state index >= 15 is 0 Å². The van der Waals surface area contributed by atoms with Gasteiger partial charge in [-0.2, -0.15) is 10.4 Å². The Morgan fingerprint density at radius 3 is 3.04 bits per heavy atom. The highest BCUT2D eigenvalue weighted by Crippen LogP contribution is 2.34. The number of aromatic nitrogens is 2. The number of hydrogen-bond acceptors (Lipinski definition) is 3. The fourth-order valence-corrected chi connectivity index (χ4v) is 3.65. The molecule has 0 spiro atoms. The van der Waals surface area contributed by atoms with Gasteiger partial charge in [-0.15, -0.1) is 0 Å². The topological polar surface area (TPSA) is 64.5 Å². The average molecular weight is 328 g/mol. The molecule has 1 atom stereocenters. The molecule has 3 aromatic rings. The summed E-state index contributed by atoms with van der Waals surface area (Å²) in [6.07, 6.45) is 7.34. The molecule has 0 saturated carbocycles. The normalized spacial score (nSPS) is 16.7. The van der Waals surface area contributed by atoms with Crippen LogP contribution in [-0.2, 0) is 6.42 Å². The van der Waals surface area contributed by atoms with E-state index in [4.69, 9.17) is 5.26 Å². The van der Waals surface area contributed by atoms with Gasteiger partial charge >= 0.3 is 0 Å². The SMILES string of the molecule is C/C=C\c1[nH]nc2ccc(NC3CCCc4cc(C#N)ccc43)cc12. The molecular weight excluding hydrogens is 308 g/mol. The van der Waals surface area contributed by atoms with E-state index in [0.29, 0.717) is 0 Å². The van der Waals surface area contributed by atoms with Crippen LogP contribution in [0.25, 0.3) is 17.0 Å². The number of fused-ring (bicyclic) bond motifs is 2. The van der Waals surface area contributed by atoms with Crippen molar-refractivity contribution in [1.82, 2.24) is 10.2 Å². The zero-order valence-electron chi connectivity index (χ0n) is 14.2. The van der Waals surface area contributed by atoms with Crippen molar-refractivity contribution in [3.05, 3.63) is 64.9 Å². The lowest BCUT2D eigenvalue weighted by Gasteiger charge is -2.27. The van der Waals surface area contributed by atoms with Crippen LogP contribution in [0.5, 0.6) is 0 Å². The van der Waals surface area contributed by atoms with Crippen LogP contribution >= 0.6 is 0 Å². The molecule has 2 aromatic carbocycles. The van der Waals surface area contributed by atoms with Gasteiger partial charge in [0.25, 0.3) is 0 Å². The average Bonchev–Trinajstić information content (AvgIpc) is 3.04. The quantitative estimate of drug-likeness (QED) is 0.714. The lowest BCUT2D eigenvalue weighted by Crippen LogP contribution is -2.17. The summed E-state index contributed by atoms with van der Waals surface area (Å²) in [6.45, 7) is 2.00. The minimum absolute atomic E-state index is 0.283. The third-order valence-electron chi connectivity index (χ3n) is 4.84. The molecule has 0 radical (unpaired) electrons. The lowest BCUT2D eigenvalue weighted by molar-refractivity contribution is 0.600. The van der Waals surface area contributed by atoms with Crippen LogP contribution in [0.4, 0.5) is 5.69 Å². The van der Waals surface area contributed by atoms with Gasteiger partial charge in [0.05, 0.1) is 28.9 Å². The van der Waals surface area contributed by atoms with Crippen molar-refractivity contribution in [3.8, 4) is 6.07 Å². The third-order valence-corrected chi connectivity index (χ3v) is 4.84. The zero-order chi connectivity index (χ0) is 17.2. The van der Waals surface area contributed by atoms with Gasteiger partial charge in [0, 0.05) is 11.1 Å². The number of allylic oxidation sites excluding steroid dienone is 1. The molecule has 124 valence electrons. The highest BCUT2D eigenvalue weighted by Gasteiger charge is 2.20. The Bertz CT molecular complexity index is 991. The first-order valence-corrected chi connectivity index (χ1v) is 8.69. The molecule has 2 N–H and O–H groups in total. The van der Waals surface area contributed by atoms with Crippen LogP contribution in [0.1, 0.15) is 48.2 Å². The fraction of sp³-hybridized carbons (Fsp3) is 0.238. The van der Waals surface area contributed by atoms with Gasteiger partial charge in [-0.25, -0.2) is 0 Å². The van der Waals surface area contributed by atoms with Crippen LogP contribution in [0.15, 0.2) is 42.5 Å². The van der Waals surface area contributed by atoms with E-state index in [0.717, 1.165) is 47.1 Å². The van der Waals surface area contributed by atoms with E-state index in [-0.39, 0.29) is 6.04 Å². The van der Waals surface area contributed by atoms with E-state index in [1.54, 1.807) is 0 Å². The lowest BCUT2D eigenvalue weighted by atomic mass is 9.86. The molecule has 0 saturated heterocycles. The van der Waals surface area contributed by atoms with Crippen molar-refractivity contribution in [2.45, 2.75) is 32.2 Å². The fourth-order valence-electron chi connectivity index (χ4n) is 3.65.